The lowest BCUT2D eigenvalue weighted by Gasteiger charge is -2.08. The number of nitrogens with zero attached hydrogens (tertiary/aromatic N) is 2. The second-order valence-electron chi connectivity index (χ2n) is 6.31. The Kier molecular flexibility index (Phi) is 6.89. The van der Waals surface area contributed by atoms with Gasteiger partial charge in [0.2, 0.25) is 0 Å². The van der Waals surface area contributed by atoms with Crippen molar-refractivity contribution in [2.45, 2.75) is 38.9 Å². The average molecular weight is 356 g/mol. The van der Waals surface area contributed by atoms with Crippen molar-refractivity contribution >= 4 is 12.4 Å². The zero-order valence-corrected chi connectivity index (χ0v) is 14.9. The van der Waals surface area contributed by atoms with Crippen molar-refractivity contribution in [2.24, 2.45) is 10.2 Å². The summed E-state index contributed by atoms with van der Waals surface area (Å²) in [6, 6.07) is 10.4. The van der Waals surface area contributed by atoms with Crippen molar-refractivity contribution in [1.82, 2.24) is 0 Å². The van der Waals surface area contributed by atoms with Gasteiger partial charge in [-0.2, -0.15) is 10.2 Å². The van der Waals surface area contributed by atoms with Crippen LogP contribution in [0.15, 0.2) is 46.6 Å². The number of aliphatic hydroxyl groups excluding tert-OH is 2. The first-order valence-electron chi connectivity index (χ1n) is 8.42. The summed E-state index contributed by atoms with van der Waals surface area (Å²) >= 11 is 0. The summed E-state index contributed by atoms with van der Waals surface area (Å²) in [7, 11) is 0. The minimum Gasteiger partial charge on any atom is -0.507 e. The van der Waals surface area contributed by atoms with E-state index in [-0.39, 0.29) is 11.5 Å². The summed E-state index contributed by atoms with van der Waals surface area (Å²) in [4.78, 5) is 0. The maximum absolute atomic E-state index is 10.2. The van der Waals surface area contributed by atoms with E-state index in [0.29, 0.717) is 35.1 Å². The molecule has 0 amide bonds. The van der Waals surface area contributed by atoms with E-state index in [1.54, 1.807) is 50.2 Å². The van der Waals surface area contributed by atoms with Crippen molar-refractivity contribution in [1.29, 1.82) is 0 Å². The molecule has 0 aliphatic carbocycles. The number of phenols is 2. The number of hydrogen-bond donors (Lipinski definition) is 4. The van der Waals surface area contributed by atoms with Gasteiger partial charge in [0.05, 0.1) is 24.6 Å². The van der Waals surface area contributed by atoms with Gasteiger partial charge in [0.25, 0.3) is 0 Å². The van der Waals surface area contributed by atoms with Gasteiger partial charge in [-0.05, 0) is 37.1 Å². The van der Waals surface area contributed by atoms with Gasteiger partial charge in [0, 0.05) is 24.0 Å². The van der Waals surface area contributed by atoms with Crippen LogP contribution in [0.3, 0.4) is 0 Å². The van der Waals surface area contributed by atoms with Gasteiger partial charge in [0.1, 0.15) is 11.5 Å². The number of hydrogen-bond acceptors (Lipinski definition) is 6. The first kappa shape index (κ1) is 19.6. The van der Waals surface area contributed by atoms with Crippen LogP contribution in [0.5, 0.6) is 11.5 Å². The molecule has 4 N–H and O–H groups in total. The van der Waals surface area contributed by atoms with Crippen molar-refractivity contribution < 1.29 is 20.4 Å². The van der Waals surface area contributed by atoms with Gasteiger partial charge >= 0.3 is 0 Å². The van der Waals surface area contributed by atoms with E-state index in [1.165, 1.54) is 12.4 Å². The van der Waals surface area contributed by atoms with Gasteiger partial charge < -0.3 is 20.4 Å². The van der Waals surface area contributed by atoms with Gasteiger partial charge in [-0.25, -0.2) is 0 Å². The molecule has 26 heavy (non-hydrogen) atoms. The van der Waals surface area contributed by atoms with Gasteiger partial charge in [-0.1, -0.05) is 24.3 Å². The highest BCUT2D eigenvalue weighted by Gasteiger charge is 2.09. The highest BCUT2D eigenvalue weighted by atomic mass is 16.3. The molecule has 0 aromatic heterocycles. The second-order valence-corrected chi connectivity index (χ2v) is 6.31. The first-order valence-corrected chi connectivity index (χ1v) is 8.42. The van der Waals surface area contributed by atoms with Crippen LogP contribution in [0, 0.1) is 0 Å². The molecule has 2 unspecified atom stereocenters. The zero-order valence-electron chi connectivity index (χ0n) is 14.9. The Hall–Kier alpha value is -2.70. The molecule has 2 rings (SSSR count). The molecule has 0 saturated heterocycles. The smallest absolute Gasteiger partial charge is 0.127 e. The number of para-hydroxylation sites is 2. The fourth-order valence-electron chi connectivity index (χ4n) is 2.59. The van der Waals surface area contributed by atoms with E-state index in [4.69, 9.17) is 0 Å². The third-order valence-electron chi connectivity index (χ3n) is 3.79. The van der Waals surface area contributed by atoms with Crippen molar-refractivity contribution in [2.75, 3.05) is 0 Å². The van der Waals surface area contributed by atoms with E-state index in [2.05, 4.69) is 10.2 Å². The first-order chi connectivity index (χ1) is 12.4. The molecule has 6 nitrogen and oxygen atoms in total. The molecule has 0 spiro atoms. The highest BCUT2D eigenvalue weighted by Crippen LogP contribution is 2.23. The predicted octanol–water partition coefficient (Wildman–Crippen LogP) is 2.40. The molecular formula is C20H24N2O4. The summed E-state index contributed by atoms with van der Waals surface area (Å²) in [6.45, 7) is 3.31. The molecule has 2 atom stereocenters. The maximum Gasteiger partial charge on any atom is 0.127 e. The lowest BCUT2D eigenvalue weighted by Crippen LogP contribution is -2.05. The second kappa shape index (κ2) is 9.12. The van der Waals surface area contributed by atoms with Crippen LogP contribution in [0.1, 0.15) is 36.1 Å². The van der Waals surface area contributed by atoms with Crippen LogP contribution in [0.4, 0.5) is 0 Å². The van der Waals surface area contributed by atoms with Gasteiger partial charge in [-0.15, -0.1) is 0 Å². The van der Waals surface area contributed by atoms with Crippen LogP contribution in [-0.2, 0) is 12.8 Å². The summed E-state index contributed by atoms with van der Waals surface area (Å²) in [5, 5.41) is 47.1. The Bertz CT molecular complexity index is 731. The van der Waals surface area contributed by atoms with Crippen LogP contribution in [0.25, 0.3) is 0 Å². The number of phenolic OH excluding ortho intramolecular Hbond substituents is 2. The molecule has 0 saturated carbocycles. The zero-order chi connectivity index (χ0) is 19.1. The molecule has 2 aromatic carbocycles. The number of aliphatic hydroxyl groups is 2. The Morgan fingerprint density at radius 3 is 1.50 bits per heavy atom. The van der Waals surface area contributed by atoms with E-state index >= 15 is 0 Å². The largest absolute Gasteiger partial charge is 0.507 e. The average Bonchev–Trinajstić information content (AvgIpc) is 2.57. The lowest BCUT2D eigenvalue weighted by molar-refractivity contribution is 0.194. The molecule has 0 aliphatic heterocycles. The van der Waals surface area contributed by atoms with E-state index in [1.807, 2.05) is 0 Å². The molecular weight excluding hydrogens is 332 g/mol. The standard InChI is InChI=1S/C20H24N2O4/c1-13(23)9-15-5-3-7-17(19(15)25)11-21-22-12-18-8-4-6-16(20(18)26)10-14(2)24/h3-8,11-14,23-26H,9-10H2,1-2H3. The van der Waals surface area contributed by atoms with Crippen molar-refractivity contribution in [3.05, 3.63) is 58.7 Å². The molecule has 0 radical (unpaired) electrons. The Morgan fingerprint density at radius 1 is 0.769 bits per heavy atom. The molecule has 0 heterocycles. The highest BCUT2D eigenvalue weighted by molar-refractivity contribution is 5.86. The fourth-order valence-corrected chi connectivity index (χ4v) is 2.59. The minimum absolute atomic E-state index is 0.0640. The molecule has 0 aliphatic rings. The van der Waals surface area contributed by atoms with Crippen molar-refractivity contribution in [3.63, 3.8) is 0 Å². The van der Waals surface area contributed by atoms with Crippen LogP contribution in [0.2, 0.25) is 0 Å². The molecule has 6 heteroatoms. The summed E-state index contributed by atoms with van der Waals surface area (Å²) < 4.78 is 0. The number of rotatable bonds is 7. The maximum atomic E-state index is 10.2. The third kappa shape index (κ3) is 5.40. The summed E-state index contributed by atoms with van der Waals surface area (Å²) in [5.41, 5.74) is 2.26. The van der Waals surface area contributed by atoms with Crippen LogP contribution < -0.4 is 0 Å². The van der Waals surface area contributed by atoms with E-state index < -0.39 is 12.2 Å². The Labute approximate surface area is 152 Å². The van der Waals surface area contributed by atoms with Crippen LogP contribution in [-0.4, -0.2) is 45.1 Å². The molecule has 0 bridgehead atoms. The minimum atomic E-state index is -0.553. The van der Waals surface area contributed by atoms with Gasteiger partial charge in [0.15, 0.2) is 0 Å². The van der Waals surface area contributed by atoms with Crippen LogP contribution >= 0.6 is 0 Å². The predicted molar refractivity (Wildman–Crippen MR) is 102 cm³/mol. The van der Waals surface area contributed by atoms with E-state index in [0.717, 1.165) is 0 Å². The Balaban J connectivity index is 2.14. The van der Waals surface area contributed by atoms with E-state index in [9.17, 15) is 20.4 Å². The summed E-state index contributed by atoms with van der Waals surface area (Å²) in [6.07, 6.45) is 2.41. The summed E-state index contributed by atoms with van der Waals surface area (Å²) in [5.74, 6) is 0.128. The number of benzene rings is 2. The normalized spacial score (nSPS) is 14.2. The number of aromatic hydroxyl groups is 2. The molecule has 2 aromatic rings. The third-order valence-corrected chi connectivity index (χ3v) is 3.79. The molecule has 0 fully saturated rings. The molecule has 138 valence electrons. The van der Waals surface area contributed by atoms with Gasteiger partial charge in [-0.3, -0.25) is 0 Å². The lowest BCUT2D eigenvalue weighted by atomic mass is 10.0. The topological polar surface area (TPSA) is 106 Å². The quantitative estimate of drug-likeness (QED) is 0.451. The monoisotopic (exact) mass is 356 g/mol. The SMILES string of the molecule is CC(O)Cc1cccc(C=NN=Cc2cccc(CC(C)O)c2O)c1O. The Morgan fingerprint density at radius 2 is 1.15 bits per heavy atom. The fraction of sp³-hybridized carbons (Fsp3) is 0.300. The van der Waals surface area contributed by atoms with Crippen molar-refractivity contribution in [3.8, 4) is 11.5 Å².